The summed E-state index contributed by atoms with van der Waals surface area (Å²) >= 11 is 0. The minimum atomic E-state index is 0.586. The van der Waals surface area contributed by atoms with Crippen molar-refractivity contribution in [3.05, 3.63) is 48.4 Å². The third kappa shape index (κ3) is 2.75. The molecule has 3 rings (SSSR count). The standard InChI is InChI=1S/C15H16N6/c1-2-13-19-14(9-15(20-13)21-16)18-12-7-3-6-11-10(12)5-4-8-17-11/h3-9H,2,16H2,1H3,(H2,18,19,20,21). The van der Waals surface area contributed by atoms with Gasteiger partial charge in [0.2, 0.25) is 0 Å². The highest BCUT2D eigenvalue weighted by molar-refractivity contribution is 5.92. The first kappa shape index (κ1) is 13.3. The number of hydrogen-bond donors (Lipinski definition) is 3. The molecule has 6 heteroatoms. The summed E-state index contributed by atoms with van der Waals surface area (Å²) in [6.45, 7) is 2.00. The Morgan fingerprint density at radius 2 is 1.95 bits per heavy atom. The number of nitrogens with one attached hydrogen (secondary N) is 2. The van der Waals surface area contributed by atoms with Crippen molar-refractivity contribution in [1.29, 1.82) is 0 Å². The summed E-state index contributed by atoms with van der Waals surface area (Å²) in [7, 11) is 0. The van der Waals surface area contributed by atoms with Crippen molar-refractivity contribution in [2.45, 2.75) is 13.3 Å². The predicted molar refractivity (Wildman–Crippen MR) is 84.2 cm³/mol. The van der Waals surface area contributed by atoms with Crippen LogP contribution in [0.3, 0.4) is 0 Å². The van der Waals surface area contributed by atoms with Crippen molar-refractivity contribution in [1.82, 2.24) is 15.0 Å². The fraction of sp³-hybridized carbons (Fsp3) is 0.133. The van der Waals surface area contributed by atoms with Gasteiger partial charge in [-0.15, -0.1) is 0 Å². The molecule has 0 aliphatic rings. The van der Waals surface area contributed by atoms with Gasteiger partial charge in [0.15, 0.2) is 0 Å². The van der Waals surface area contributed by atoms with Crippen LogP contribution in [-0.4, -0.2) is 15.0 Å². The van der Waals surface area contributed by atoms with E-state index < -0.39 is 0 Å². The first-order valence-corrected chi connectivity index (χ1v) is 6.75. The monoisotopic (exact) mass is 280 g/mol. The topological polar surface area (TPSA) is 88.8 Å². The van der Waals surface area contributed by atoms with Gasteiger partial charge in [0.1, 0.15) is 17.5 Å². The fourth-order valence-corrected chi connectivity index (χ4v) is 2.14. The second-order valence-corrected chi connectivity index (χ2v) is 4.55. The van der Waals surface area contributed by atoms with Crippen LogP contribution in [-0.2, 0) is 6.42 Å². The molecule has 0 atom stereocenters. The number of nitrogens with two attached hydrogens (primary N) is 1. The Hall–Kier alpha value is -2.73. The average Bonchev–Trinajstić information content (AvgIpc) is 2.55. The number of hydrazine groups is 1. The van der Waals surface area contributed by atoms with Crippen LogP contribution in [0.4, 0.5) is 17.3 Å². The molecule has 0 saturated heterocycles. The van der Waals surface area contributed by atoms with E-state index in [2.05, 4.69) is 25.7 Å². The lowest BCUT2D eigenvalue weighted by atomic mass is 10.2. The van der Waals surface area contributed by atoms with Gasteiger partial charge in [0, 0.05) is 29.8 Å². The van der Waals surface area contributed by atoms with E-state index in [4.69, 9.17) is 5.84 Å². The zero-order chi connectivity index (χ0) is 14.7. The Balaban J connectivity index is 2.02. The summed E-state index contributed by atoms with van der Waals surface area (Å²) in [5, 5.41) is 4.35. The van der Waals surface area contributed by atoms with Crippen molar-refractivity contribution in [3.8, 4) is 0 Å². The van der Waals surface area contributed by atoms with Crippen LogP contribution in [0, 0.1) is 0 Å². The van der Waals surface area contributed by atoms with E-state index in [1.165, 1.54) is 0 Å². The molecule has 0 aliphatic heterocycles. The number of benzene rings is 1. The van der Waals surface area contributed by atoms with Crippen LogP contribution >= 0.6 is 0 Å². The van der Waals surface area contributed by atoms with Crippen molar-refractivity contribution >= 4 is 28.2 Å². The maximum Gasteiger partial charge on any atom is 0.145 e. The van der Waals surface area contributed by atoms with E-state index in [9.17, 15) is 0 Å². The van der Waals surface area contributed by atoms with Gasteiger partial charge >= 0.3 is 0 Å². The highest BCUT2D eigenvalue weighted by atomic mass is 15.3. The van der Waals surface area contributed by atoms with E-state index in [1.54, 1.807) is 12.3 Å². The van der Waals surface area contributed by atoms with Gasteiger partial charge in [-0.05, 0) is 24.3 Å². The summed E-state index contributed by atoms with van der Waals surface area (Å²) in [5.74, 6) is 7.46. The molecule has 0 fully saturated rings. The van der Waals surface area contributed by atoms with Crippen molar-refractivity contribution < 1.29 is 0 Å². The molecule has 6 nitrogen and oxygen atoms in total. The van der Waals surface area contributed by atoms with E-state index >= 15 is 0 Å². The van der Waals surface area contributed by atoms with Gasteiger partial charge in [0.05, 0.1) is 5.52 Å². The van der Waals surface area contributed by atoms with Crippen LogP contribution in [0.15, 0.2) is 42.6 Å². The molecule has 4 N–H and O–H groups in total. The van der Waals surface area contributed by atoms with E-state index in [0.717, 1.165) is 28.8 Å². The number of nitrogen functional groups attached to an aromatic ring is 1. The Kier molecular flexibility index (Phi) is 3.61. The number of aromatic nitrogens is 3. The molecule has 0 amide bonds. The molecule has 1 aromatic carbocycles. The predicted octanol–water partition coefficient (Wildman–Crippen LogP) is 2.62. The largest absolute Gasteiger partial charge is 0.340 e. The first-order valence-electron chi connectivity index (χ1n) is 6.75. The van der Waals surface area contributed by atoms with Gasteiger partial charge < -0.3 is 10.7 Å². The first-order chi connectivity index (χ1) is 10.3. The number of hydrogen-bond acceptors (Lipinski definition) is 6. The van der Waals surface area contributed by atoms with Crippen molar-refractivity contribution in [2.75, 3.05) is 10.7 Å². The number of aryl methyl sites for hydroxylation is 1. The van der Waals surface area contributed by atoms with Crippen LogP contribution < -0.4 is 16.6 Å². The molecule has 3 aromatic rings. The number of nitrogens with zero attached hydrogens (tertiary/aromatic N) is 3. The van der Waals surface area contributed by atoms with Crippen LogP contribution in [0.5, 0.6) is 0 Å². The van der Waals surface area contributed by atoms with E-state index in [0.29, 0.717) is 11.6 Å². The molecule has 0 saturated carbocycles. The Bertz CT molecular complexity index is 743. The van der Waals surface area contributed by atoms with Gasteiger partial charge in [-0.25, -0.2) is 15.8 Å². The highest BCUT2D eigenvalue weighted by Crippen LogP contribution is 2.25. The molecule has 0 spiro atoms. The molecular weight excluding hydrogens is 264 g/mol. The van der Waals surface area contributed by atoms with Gasteiger partial charge in [-0.1, -0.05) is 13.0 Å². The molecule has 21 heavy (non-hydrogen) atoms. The fourth-order valence-electron chi connectivity index (χ4n) is 2.14. The molecule has 0 radical (unpaired) electrons. The lowest BCUT2D eigenvalue weighted by Crippen LogP contribution is -2.11. The number of pyridine rings is 1. The van der Waals surface area contributed by atoms with Crippen LogP contribution in [0.1, 0.15) is 12.7 Å². The summed E-state index contributed by atoms with van der Waals surface area (Å²) in [4.78, 5) is 13.1. The van der Waals surface area contributed by atoms with E-state index in [-0.39, 0.29) is 0 Å². The van der Waals surface area contributed by atoms with Crippen molar-refractivity contribution in [2.24, 2.45) is 5.84 Å². The van der Waals surface area contributed by atoms with Crippen LogP contribution in [0.25, 0.3) is 10.9 Å². The summed E-state index contributed by atoms with van der Waals surface area (Å²) in [6, 6.07) is 11.6. The number of rotatable bonds is 4. The Morgan fingerprint density at radius 3 is 2.76 bits per heavy atom. The highest BCUT2D eigenvalue weighted by Gasteiger charge is 2.06. The van der Waals surface area contributed by atoms with Crippen LogP contribution in [0.2, 0.25) is 0 Å². The van der Waals surface area contributed by atoms with Gasteiger partial charge in [-0.2, -0.15) is 0 Å². The zero-order valence-corrected chi connectivity index (χ0v) is 11.7. The molecular formula is C15H16N6. The molecule has 0 aliphatic carbocycles. The summed E-state index contributed by atoms with van der Waals surface area (Å²) in [6.07, 6.45) is 2.52. The van der Waals surface area contributed by atoms with E-state index in [1.807, 2.05) is 37.3 Å². The lowest BCUT2D eigenvalue weighted by Gasteiger charge is -2.11. The minimum absolute atomic E-state index is 0.586. The molecule has 2 aromatic heterocycles. The lowest BCUT2D eigenvalue weighted by molar-refractivity contribution is 0.941. The Labute approximate surface area is 122 Å². The smallest absolute Gasteiger partial charge is 0.145 e. The quantitative estimate of drug-likeness (QED) is 0.503. The second kappa shape index (κ2) is 5.72. The molecule has 2 heterocycles. The summed E-state index contributed by atoms with van der Waals surface area (Å²) < 4.78 is 0. The Morgan fingerprint density at radius 1 is 1.10 bits per heavy atom. The SMILES string of the molecule is CCc1nc(NN)cc(Nc2cccc3ncccc23)n1. The van der Waals surface area contributed by atoms with Crippen molar-refractivity contribution in [3.63, 3.8) is 0 Å². The van der Waals surface area contributed by atoms with Gasteiger partial charge in [-0.3, -0.25) is 4.98 Å². The zero-order valence-electron chi connectivity index (χ0n) is 11.7. The third-order valence-electron chi connectivity index (χ3n) is 3.14. The summed E-state index contributed by atoms with van der Waals surface area (Å²) in [5.41, 5.74) is 4.44. The molecule has 106 valence electrons. The maximum absolute atomic E-state index is 5.45. The molecule has 0 bridgehead atoms. The number of anilines is 3. The molecule has 0 unspecified atom stereocenters. The maximum atomic E-state index is 5.45. The third-order valence-corrected chi connectivity index (χ3v) is 3.14. The minimum Gasteiger partial charge on any atom is -0.340 e. The average molecular weight is 280 g/mol. The van der Waals surface area contributed by atoms with Gasteiger partial charge in [0.25, 0.3) is 0 Å². The normalized spacial score (nSPS) is 10.6. The second-order valence-electron chi connectivity index (χ2n) is 4.55. The number of fused-ring (bicyclic) bond motifs is 1.